The summed E-state index contributed by atoms with van der Waals surface area (Å²) in [5.74, 6) is 0.574. The van der Waals surface area contributed by atoms with E-state index in [1.165, 1.54) is 50.3 Å². The third-order valence-electron chi connectivity index (χ3n) is 5.86. The summed E-state index contributed by atoms with van der Waals surface area (Å²) in [6.07, 6.45) is 4.74. The third kappa shape index (κ3) is 5.51. The van der Waals surface area contributed by atoms with Gasteiger partial charge in [0, 0.05) is 11.4 Å². The van der Waals surface area contributed by atoms with Crippen LogP contribution in [0, 0.1) is 0 Å². The quantitative estimate of drug-likeness (QED) is 0.493. The zero-order valence-corrected chi connectivity index (χ0v) is 20.1. The van der Waals surface area contributed by atoms with Crippen molar-refractivity contribution >= 4 is 27.3 Å². The van der Waals surface area contributed by atoms with E-state index in [2.05, 4.69) is 22.2 Å². The molecule has 0 aromatic heterocycles. The second kappa shape index (κ2) is 10.2. The Bertz CT molecular complexity index is 1290. The van der Waals surface area contributed by atoms with Crippen LogP contribution in [0.3, 0.4) is 0 Å². The molecule has 0 saturated carbocycles. The van der Waals surface area contributed by atoms with Crippen LogP contribution in [0.2, 0.25) is 0 Å². The van der Waals surface area contributed by atoms with E-state index in [0.717, 1.165) is 18.4 Å². The van der Waals surface area contributed by atoms with E-state index >= 15 is 0 Å². The topological polar surface area (TPSA) is 93.7 Å². The van der Waals surface area contributed by atoms with Crippen LogP contribution in [0.15, 0.2) is 65.6 Å². The van der Waals surface area contributed by atoms with E-state index in [1.807, 2.05) is 6.07 Å². The summed E-state index contributed by atoms with van der Waals surface area (Å²) in [6, 6.07) is 17.3. The Balaban J connectivity index is 1.50. The molecule has 0 radical (unpaired) electrons. The molecule has 3 aromatic carbocycles. The first-order valence-electron chi connectivity index (χ1n) is 11.1. The van der Waals surface area contributed by atoms with Crippen LogP contribution in [0.5, 0.6) is 11.5 Å². The highest BCUT2D eigenvalue weighted by Gasteiger charge is 2.21. The summed E-state index contributed by atoms with van der Waals surface area (Å²) in [4.78, 5) is 12.6. The smallest absolute Gasteiger partial charge is 0.265 e. The Labute approximate surface area is 200 Å². The number of rotatable bonds is 8. The summed E-state index contributed by atoms with van der Waals surface area (Å²) in [6.45, 7) is 0. The number of nitrogens with one attached hydrogen (secondary N) is 2. The number of hydrogen-bond acceptors (Lipinski definition) is 5. The molecule has 7 nitrogen and oxygen atoms in total. The molecular weight excluding hydrogens is 452 g/mol. The lowest BCUT2D eigenvalue weighted by Gasteiger charge is -2.16. The van der Waals surface area contributed by atoms with Gasteiger partial charge in [0.15, 0.2) is 0 Å². The molecule has 178 valence electrons. The molecule has 0 saturated heterocycles. The molecule has 2 N–H and O–H groups in total. The van der Waals surface area contributed by atoms with E-state index < -0.39 is 10.0 Å². The number of carbonyl (C=O) groups is 1. The van der Waals surface area contributed by atoms with Gasteiger partial charge in [-0.15, -0.1) is 0 Å². The fourth-order valence-corrected chi connectivity index (χ4v) is 5.38. The van der Waals surface area contributed by atoms with Crippen LogP contribution in [0.1, 0.15) is 29.5 Å². The molecule has 0 unspecified atom stereocenters. The van der Waals surface area contributed by atoms with E-state index in [4.69, 9.17) is 9.47 Å². The van der Waals surface area contributed by atoms with E-state index in [9.17, 15) is 13.2 Å². The van der Waals surface area contributed by atoms with Crippen molar-refractivity contribution in [1.82, 2.24) is 0 Å². The van der Waals surface area contributed by atoms with Gasteiger partial charge in [0.1, 0.15) is 16.4 Å². The second-order valence-corrected chi connectivity index (χ2v) is 9.89. The van der Waals surface area contributed by atoms with Gasteiger partial charge in [-0.25, -0.2) is 8.42 Å². The number of carbonyl (C=O) groups excluding carboxylic acids is 1. The van der Waals surface area contributed by atoms with Crippen LogP contribution in [0.25, 0.3) is 0 Å². The molecule has 0 spiro atoms. The largest absolute Gasteiger partial charge is 0.497 e. The number of sulfonamides is 1. The van der Waals surface area contributed by atoms with Gasteiger partial charge in [-0.3, -0.25) is 9.52 Å². The van der Waals surface area contributed by atoms with Gasteiger partial charge >= 0.3 is 0 Å². The van der Waals surface area contributed by atoms with Crippen LogP contribution in [-0.4, -0.2) is 28.5 Å². The molecule has 0 atom stereocenters. The van der Waals surface area contributed by atoms with Crippen molar-refractivity contribution in [3.8, 4) is 11.5 Å². The van der Waals surface area contributed by atoms with E-state index in [0.29, 0.717) is 17.1 Å². The van der Waals surface area contributed by atoms with Gasteiger partial charge in [-0.05, 0) is 84.8 Å². The van der Waals surface area contributed by atoms with Crippen LogP contribution >= 0.6 is 0 Å². The molecule has 0 fully saturated rings. The number of methoxy groups -OCH3 is 2. The number of aryl methyl sites for hydroxylation is 2. The number of benzene rings is 3. The molecule has 0 heterocycles. The molecule has 1 aliphatic rings. The normalized spacial score (nSPS) is 13.0. The third-order valence-corrected chi connectivity index (χ3v) is 7.26. The minimum Gasteiger partial charge on any atom is -0.497 e. The molecule has 1 amide bonds. The van der Waals surface area contributed by atoms with Crippen molar-refractivity contribution in [1.29, 1.82) is 0 Å². The lowest BCUT2D eigenvalue weighted by atomic mass is 9.90. The summed E-state index contributed by atoms with van der Waals surface area (Å²) in [5, 5.41) is 2.81. The number of fused-ring (bicyclic) bond motifs is 1. The van der Waals surface area contributed by atoms with Gasteiger partial charge in [0.05, 0.1) is 20.6 Å². The van der Waals surface area contributed by atoms with Gasteiger partial charge in [-0.2, -0.15) is 0 Å². The summed E-state index contributed by atoms with van der Waals surface area (Å²) >= 11 is 0. The maximum atomic E-state index is 13.1. The molecule has 8 heteroatoms. The van der Waals surface area contributed by atoms with Gasteiger partial charge in [0.25, 0.3) is 10.0 Å². The lowest BCUT2D eigenvalue weighted by Crippen LogP contribution is -2.17. The van der Waals surface area contributed by atoms with Crippen molar-refractivity contribution in [2.75, 3.05) is 24.3 Å². The molecule has 1 aliphatic carbocycles. The standard InChI is InChI=1S/C26H28N2O5S/c1-32-23-12-9-21(10-13-23)28-34(30,31)25-17-22(11-14-24(25)33-2)27-26(29)16-18-7-8-19-5-3-4-6-20(19)15-18/h7-15,17,28H,3-6,16H2,1-2H3,(H,27,29). The Morgan fingerprint density at radius 2 is 1.56 bits per heavy atom. The van der Waals surface area contributed by atoms with Crippen molar-refractivity contribution in [3.63, 3.8) is 0 Å². The number of amides is 1. The van der Waals surface area contributed by atoms with Crippen molar-refractivity contribution < 1.29 is 22.7 Å². The highest BCUT2D eigenvalue weighted by molar-refractivity contribution is 7.92. The van der Waals surface area contributed by atoms with E-state index in [-0.39, 0.29) is 23.0 Å². The Morgan fingerprint density at radius 3 is 2.26 bits per heavy atom. The Morgan fingerprint density at radius 1 is 0.853 bits per heavy atom. The molecule has 4 rings (SSSR count). The summed E-state index contributed by atoms with van der Waals surface area (Å²) in [7, 11) is -1.03. The lowest BCUT2D eigenvalue weighted by molar-refractivity contribution is -0.115. The Kier molecular flexibility index (Phi) is 7.07. The maximum Gasteiger partial charge on any atom is 0.265 e. The first-order valence-corrected chi connectivity index (χ1v) is 12.6. The fourth-order valence-electron chi connectivity index (χ4n) is 4.12. The minimum absolute atomic E-state index is 0.0719. The predicted molar refractivity (Wildman–Crippen MR) is 132 cm³/mol. The Hall–Kier alpha value is -3.52. The van der Waals surface area contributed by atoms with Crippen LogP contribution < -0.4 is 19.5 Å². The monoisotopic (exact) mass is 480 g/mol. The van der Waals surface area contributed by atoms with Gasteiger partial charge < -0.3 is 14.8 Å². The van der Waals surface area contributed by atoms with Crippen LogP contribution in [0.4, 0.5) is 11.4 Å². The highest BCUT2D eigenvalue weighted by atomic mass is 32.2. The zero-order chi connectivity index (χ0) is 24.1. The average molecular weight is 481 g/mol. The number of ether oxygens (including phenoxy) is 2. The molecule has 34 heavy (non-hydrogen) atoms. The van der Waals surface area contributed by atoms with Gasteiger partial charge in [0.2, 0.25) is 5.91 Å². The fraction of sp³-hybridized carbons (Fsp3) is 0.269. The number of hydrogen-bond donors (Lipinski definition) is 2. The minimum atomic E-state index is -3.97. The molecule has 0 bridgehead atoms. The molecular formula is C26H28N2O5S. The van der Waals surface area contributed by atoms with E-state index in [1.54, 1.807) is 30.3 Å². The molecule has 3 aromatic rings. The maximum absolute atomic E-state index is 13.1. The van der Waals surface area contributed by atoms with Crippen LogP contribution in [-0.2, 0) is 34.1 Å². The van der Waals surface area contributed by atoms with Crippen molar-refractivity contribution in [3.05, 3.63) is 77.4 Å². The summed E-state index contributed by atoms with van der Waals surface area (Å²) < 4.78 is 39.0. The highest BCUT2D eigenvalue weighted by Crippen LogP contribution is 2.29. The first-order chi connectivity index (χ1) is 16.4. The average Bonchev–Trinajstić information content (AvgIpc) is 2.84. The molecule has 0 aliphatic heterocycles. The zero-order valence-electron chi connectivity index (χ0n) is 19.3. The SMILES string of the molecule is COc1ccc(NS(=O)(=O)c2cc(NC(=O)Cc3ccc4c(c3)CCCC4)ccc2OC)cc1. The van der Waals surface area contributed by atoms with Gasteiger partial charge in [-0.1, -0.05) is 18.2 Å². The van der Waals surface area contributed by atoms with Crippen molar-refractivity contribution in [2.45, 2.75) is 37.0 Å². The van der Waals surface area contributed by atoms with Crippen molar-refractivity contribution in [2.24, 2.45) is 0 Å². The summed E-state index contributed by atoms with van der Waals surface area (Å²) in [5.41, 5.74) is 4.38. The first kappa shape index (κ1) is 23.6. The predicted octanol–water partition coefficient (Wildman–Crippen LogP) is 4.56. The second-order valence-electron chi connectivity index (χ2n) is 8.23. The number of anilines is 2.